The van der Waals surface area contributed by atoms with Crippen molar-refractivity contribution in [2.24, 2.45) is 0 Å². The highest BCUT2D eigenvalue weighted by Gasteiger charge is 2.13. The van der Waals surface area contributed by atoms with Crippen molar-refractivity contribution in [3.63, 3.8) is 0 Å². The molecule has 0 bridgehead atoms. The first-order chi connectivity index (χ1) is 9.76. The summed E-state index contributed by atoms with van der Waals surface area (Å²) in [6.07, 6.45) is 1.69. The molecule has 7 nitrogen and oxygen atoms in total. The van der Waals surface area contributed by atoms with E-state index in [-0.39, 0.29) is 0 Å². The van der Waals surface area contributed by atoms with Crippen molar-refractivity contribution < 1.29 is 9.63 Å². The van der Waals surface area contributed by atoms with E-state index in [9.17, 15) is 5.11 Å². The molecule has 3 heterocycles. The zero-order valence-corrected chi connectivity index (χ0v) is 11.6. The lowest BCUT2D eigenvalue weighted by Gasteiger charge is -2.00. The molecule has 3 aromatic heterocycles. The Kier molecular flexibility index (Phi) is 3.57. The number of aromatic nitrogens is 5. The first kappa shape index (κ1) is 12.9. The topological polar surface area (TPSA) is 89.9 Å². The van der Waals surface area contributed by atoms with Gasteiger partial charge in [0.05, 0.1) is 17.2 Å². The standard InChI is InChI=1S/C12H13N5O2S/c1-2-9(18)8-6-17(16-14-8)7-11-13-12(15-19-11)10-4-3-5-20-10/h3-6,9,18H,2,7H2,1H3. The highest BCUT2D eigenvalue weighted by Crippen LogP contribution is 2.21. The molecule has 0 aromatic carbocycles. The summed E-state index contributed by atoms with van der Waals surface area (Å²) in [6, 6.07) is 3.87. The third-order valence-corrected chi connectivity index (χ3v) is 3.66. The quantitative estimate of drug-likeness (QED) is 0.772. The van der Waals surface area contributed by atoms with Gasteiger partial charge in [0.1, 0.15) is 12.2 Å². The molecule has 0 saturated heterocycles. The number of thiophene rings is 1. The molecule has 0 aliphatic carbocycles. The smallest absolute Gasteiger partial charge is 0.248 e. The van der Waals surface area contributed by atoms with E-state index in [2.05, 4.69) is 20.5 Å². The van der Waals surface area contributed by atoms with Gasteiger partial charge >= 0.3 is 0 Å². The maximum absolute atomic E-state index is 9.67. The Morgan fingerprint density at radius 3 is 3.15 bits per heavy atom. The zero-order chi connectivity index (χ0) is 13.9. The second kappa shape index (κ2) is 5.51. The molecule has 0 amide bonds. The van der Waals surface area contributed by atoms with Crippen LogP contribution in [0.2, 0.25) is 0 Å². The second-order valence-electron chi connectivity index (χ2n) is 4.25. The molecular weight excluding hydrogens is 278 g/mol. The number of hydrogen-bond acceptors (Lipinski definition) is 7. The Hall–Kier alpha value is -2.06. The van der Waals surface area contributed by atoms with Gasteiger partial charge in [0.2, 0.25) is 11.7 Å². The number of rotatable bonds is 5. The molecular formula is C12H13N5O2S. The minimum Gasteiger partial charge on any atom is -0.387 e. The van der Waals surface area contributed by atoms with Crippen LogP contribution in [0.5, 0.6) is 0 Å². The van der Waals surface area contributed by atoms with E-state index in [0.29, 0.717) is 30.4 Å². The maximum Gasteiger partial charge on any atom is 0.248 e. The van der Waals surface area contributed by atoms with E-state index in [1.165, 1.54) is 0 Å². The van der Waals surface area contributed by atoms with Crippen LogP contribution >= 0.6 is 11.3 Å². The first-order valence-corrected chi connectivity index (χ1v) is 7.08. The summed E-state index contributed by atoms with van der Waals surface area (Å²) < 4.78 is 6.75. The number of hydrogen-bond donors (Lipinski definition) is 1. The van der Waals surface area contributed by atoms with Gasteiger partial charge < -0.3 is 9.63 Å². The Morgan fingerprint density at radius 2 is 2.40 bits per heavy atom. The summed E-state index contributed by atoms with van der Waals surface area (Å²) in [5.41, 5.74) is 0.547. The molecule has 3 rings (SSSR count). The monoisotopic (exact) mass is 291 g/mol. The highest BCUT2D eigenvalue weighted by atomic mass is 32.1. The van der Waals surface area contributed by atoms with Gasteiger partial charge in [0.15, 0.2) is 0 Å². The van der Waals surface area contributed by atoms with Crippen molar-refractivity contribution in [3.05, 3.63) is 35.3 Å². The van der Waals surface area contributed by atoms with Gasteiger partial charge in [-0.1, -0.05) is 23.4 Å². The number of aliphatic hydroxyl groups excluding tert-OH is 1. The van der Waals surface area contributed by atoms with E-state index >= 15 is 0 Å². The molecule has 8 heteroatoms. The predicted octanol–water partition coefficient (Wildman–Crippen LogP) is 1.88. The molecule has 20 heavy (non-hydrogen) atoms. The van der Waals surface area contributed by atoms with Gasteiger partial charge in [0, 0.05) is 0 Å². The van der Waals surface area contributed by atoms with Crippen LogP contribution in [0.15, 0.2) is 28.2 Å². The molecule has 0 aliphatic heterocycles. The Labute approximate surface area is 118 Å². The van der Waals surface area contributed by atoms with Gasteiger partial charge in [-0.3, -0.25) is 0 Å². The predicted molar refractivity (Wildman–Crippen MR) is 72.0 cm³/mol. The lowest BCUT2D eigenvalue weighted by atomic mass is 10.2. The Morgan fingerprint density at radius 1 is 1.50 bits per heavy atom. The lowest BCUT2D eigenvalue weighted by molar-refractivity contribution is 0.168. The molecule has 0 spiro atoms. The number of aliphatic hydroxyl groups is 1. The molecule has 0 aliphatic rings. The first-order valence-electron chi connectivity index (χ1n) is 6.21. The van der Waals surface area contributed by atoms with Crippen molar-refractivity contribution >= 4 is 11.3 Å². The summed E-state index contributed by atoms with van der Waals surface area (Å²) in [5.74, 6) is 1.03. The molecule has 0 fully saturated rings. The van der Waals surface area contributed by atoms with Crippen molar-refractivity contribution in [2.75, 3.05) is 0 Å². The summed E-state index contributed by atoms with van der Waals surface area (Å²) in [5, 5.41) is 23.4. The second-order valence-corrected chi connectivity index (χ2v) is 5.20. The van der Waals surface area contributed by atoms with Crippen molar-refractivity contribution in [3.8, 4) is 10.7 Å². The SMILES string of the molecule is CCC(O)c1cn(Cc2nc(-c3cccs3)no2)nn1. The summed E-state index contributed by atoms with van der Waals surface area (Å²) in [7, 11) is 0. The van der Waals surface area contributed by atoms with Crippen LogP contribution in [-0.2, 0) is 6.54 Å². The molecule has 0 saturated carbocycles. The largest absolute Gasteiger partial charge is 0.387 e. The van der Waals surface area contributed by atoms with Crippen molar-refractivity contribution in [2.45, 2.75) is 26.0 Å². The average molecular weight is 291 g/mol. The van der Waals surface area contributed by atoms with Crippen LogP contribution in [0.1, 0.15) is 31.0 Å². The third-order valence-electron chi connectivity index (χ3n) is 2.79. The van der Waals surface area contributed by atoms with Gasteiger partial charge in [-0.15, -0.1) is 16.4 Å². The fourth-order valence-corrected chi connectivity index (χ4v) is 2.37. The van der Waals surface area contributed by atoms with Gasteiger partial charge in [-0.2, -0.15) is 4.98 Å². The molecule has 0 radical (unpaired) electrons. The summed E-state index contributed by atoms with van der Waals surface area (Å²) in [6.45, 7) is 2.22. The van der Waals surface area contributed by atoms with E-state index in [1.807, 2.05) is 24.4 Å². The highest BCUT2D eigenvalue weighted by molar-refractivity contribution is 7.13. The minimum atomic E-state index is -0.590. The fourth-order valence-electron chi connectivity index (χ4n) is 1.72. The molecule has 1 N–H and O–H groups in total. The molecule has 104 valence electrons. The van der Waals surface area contributed by atoms with Crippen LogP contribution in [0.4, 0.5) is 0 Å². The van der Waals surface area contributed by atoms with Crippen LogP contribution in [0, 0.1) is 0 Å². The van der Waals surface area contributed by atoms with Crippen LogP contribution in [0.3, 0.4) is 0 Å². The van der Waals surface area contributed by atoms with E-state index in [0.717, 1.165) is 4.88 Å². The number of nitrogens with zero attached hydrogens (tertiary/aromatic N) is 5. The molecule has 3 aromatic rings. The average Bonchev–Trinajstić information content (AvgIpc) is 3.19. The van der Waals surface area contributed by atoms with E-state index in [1.54, 1.807) is 22.2 Å². The lowest BCUT2D eigenvalue weighted by Crippen LogP contribution is -2.00. The third kappa shape index (κ3) is 2.61. The van der Waals surface area contributed by atoms with Gasteiger partial charge in [-0.05, 0) is 17.9 Å². The van der Waals surface area contributed by atoms with Crippen LogP contribution in [-0.4, -0.2) is 30.2 Å². The minimum absolute atomic E-state index is 0.335. The Bertz CT molecular complexity index is 676. The fraction of sp³-hybridized carbons (Fsp3) is 0.333. The summed E-state index contributed by atoms with van der Waals surface area (Å²) in [4.78, 5) is 5.26. The van der Waals surface area contributed by atoms with E-state index < -0.39 is 6.10 Å². The zero-order valence-electron chi connectivity index (χ0n) is 10.8. The normalized spacial score (nSPS) is 12.7. The van der Waals surface area contributed by atoms with Crippen molar-refractivity contribution in [1.82, 2.24) is 25.1 Å². The van der Waals surface area contributed by atoms with Crippen molar-refractivity contribution in [1.29, 1.82) is 0 Å². The van der Waals surface area contributed by atoms with Crippen LogP contribution in [0.25, 0.3) is 10.7 Å². The Balaban J connectivity index is 1.73. The summed E-state index contributed by atoms with van der Waals surface area (Å²) >= 11 is 1.55. The molecule has 1 unspecified atom stereocenters. The van der Waals surface area contributed by atoms with Gasteiger partial charge in [0.25, 0.3) is 0 Å². The maximum atomic E-state index is 9.67. The van der Waals surface area contributed by atoms with Gasteiger partial charge in [-0.25, -0.2) is 4.68 Å². The van der Waals surface area contributed by atoms with E-state index in [4.69, 9.17) is 4.52 Å². The molecule has 1 atom stereocenters. The van der Waals surface area contributed by atoms with Crippen LogP contribution < -0.4 is 0 Å².